The van der Waals surface area contributed by atoms with Crippen LogP contribution in [0.2, 0.25) is 0 Å². The van der Waals surface area contributed by atoms with Gasteiger partial charge in [0.15, 0.2) is 0 Å². The van der Waals surface area contributed by atoms with Gasteiger partial charge >= 0.3 is 0 Å². The van der Waals surface area contributed by atoms with E-state index in [0.29, 0.717) is 34.3 Å². The highest BCUT2D eigenvalue weighted by Crippen LogP contribution is 2.19. The van der Waals surface area contributed by atoms with Crippen LogP contribution in [0.4, 0.5) is 5.69 Å². The predicted molar refractivity (Wildman–Crippen MR) is 115 cm³/mol. The van der Waals surface area contributed by atoms with Crippen LogP contribution in [-0.4, -0.2) is 21.4 Å². The molecule has 1 aliphatic rings. The number of carbonyl (C=O) groups excluding carboxylic acids is 2. The van der Waals surface area contributed by atoms with Crippen molar-refractivity contribution in [3.8, 4) is 0 Å². The Hall–Kier alpha value is -3.48. The van der Waals surface area contributed by atoms with Crippen LogP contribution in [0, 0.1) is 0 Å². The SMILES string of the molecule is NC(=O)Cc1ccccc1NC(=O)c1ccc2c(=O)n3c(nc2c1)CCCCCC3. The van der Waals surface area contributed by atoms with Gasteiger partial charge in [-0.05, 0) is 42.7 Å². The molecule has 1 aliphatic heterocycles. The lowest BCUT2D eigenvalue weighted by Crippen LogP contribution is -2.26. The number of para-hydroxylation sites is 1. The van der Waals surface area contributed by atoms with Gasteiger partial charge in [-0.2, -0.15) is 0 Å². The molecule has 3 aromatic rings. The molecule has 1 aromatic heterocycles. The fourth-order valence-electron chi connectivity index (χ4n) is 3.91. The Kier molecular flexibility index (Phi) is 5.61. The molecule has 3 N–H and O–H groups in total. The number of benzene rings is 2. The first-order valence-electron chi connectivity index (χ1n) is 10.2. The van der Waals surface area contributed by atoms with Crippen LogP contribution < -0.4 is 16.6 Å². The summed E-state index contributed by atoms with van der Waals surface area (Å²) in [6.45, 7) is 0.690. The van der Waals surface area contributed by atoms with E-state index in [0.717, 1.165) is 37.9 Å². The molecule has 0 saturated carbocycles. The van der Waals surface area contributed by atoms with Gasteiger partial charge in [0, 0.05) is 24.2 Å². The van der Waals surface area contributed by atoms with E-state index in [1.807, 2.05) is 0 Å². The van der Waals surface area contributed by atoms with Crippen LogP contribution in [-0.2, 0) is 24.2 Å². The third-order valence-corrected chi connectivity index (χ3v) is 5.46. The van der Waals surface area contributed by atoms with Crippen molar-refractivity contribution in [3.63, 3.8) is 0 Å². The second-order valence-electron chi connectivity index (χ2n) is 7.64. The molecule has 0 saturated heterocycles. The average Bonchev–Trinajstić information content (AvgIpc) is 2.70. The highest BCUT2D eigenvalue weighted by Gasteiger charge is 2.16. The van der Waals surface area contributed by atoms with Crippen molar-refractivity contribution in [1.82, 2.24) is 9.55 Å². The van der Waals surface area contributed by atoms with Gasteiger partial charge in [0.25, 0.3) is 11.5 Å². The zero-order chi connectivity index (χ0) is 21.1. The van der Waals surface area contributed by atoms with Crippen molar-refractivity contribution >= 4 is 28.4 Å². The second-order valence-corrected chi connectivity index (χ2v) is 7.64. The Bertz CT molecular complexity index is 1180. The van der Waals surface area contributed by atoms with Gasteiger partial charge in [-0.3, -0.25) is 19.0 Å². The molecule has 0 bridgehead atoms. The topological polar surface area (TPSA) is 107 Å². The van der Waals surface area contributed by atoms with Crippen LogP contribution in [0.3, 0.4) is 0 Å². The summed E-state index contributed by atoms with van der Waals surface area (Å²) in [5.41, 5.74) is 7.37. The molecule has 4 rings (SSSR count). The van der Waals surface area contributed by atoms with Crippen molar-refractivity contribution in [2.75, 3.05) is 5.32 Å². The van der Waals surface area contributed by atoms with Gasteiger partial charge in [0.05, 0.1) is 17.3 Å². The minimum atomic E-state index is -0.469. The van der Waals surface area contributed by atoms with Crippen LogP contribution >= 0.6 is 0 Å². The molecule has 0 fully saturated rings. The molecule has 0 unspecified atom stereocenters. The summed E-state index contributed by atoms with van der Waals surface area (Å²) in [7, 11) is 0. The lowest BCUT2D eigenvalue weighted by Gasteiger charge is -2.16. The zero-order valence-electron chi connectivity index (χ0n) is 16.7. The van der Waals surface area contributed by atoms with Crippen LogP contribution in [0.15, 0.2) is 47.3 Å². The first-order valence-corrected chi connectivity index (χ1v) is 10.2. The Morgan fingerprint density at radius 1 is 1.07 bits per heavy atom. The lowest BCUT2D eigenvalue weighted by molar-refractivity contribution is -0.117. The Morgan fingerprint density at radius 2 is 1.87 bits per heavy atom. The highest BCUT2D eigenvalue weighted by atomic mass is 16.2. The van der Waals surface area contributed by atoms with Crippen molar-refractivity contribution in [2.45, 2.75) is 45.1 Å². The molecule has 0 atom stereocenters. The molecule has 7 nitrogen and oxygen atoms in total. The van der Waals surface area contributed by atoms with E-state index in [1.54, 1.807) is 47.0 Å². The number of primary amides is 1. The Morgan fingerprint density at radius 3 is 2.70 bits per heavy atom. The number of amides is 2. The smallest absolute Gasteiger partial charge is 0.261 e. The molecule has 30 heavy (non-hydrogen) atoms. The van der Waals surface area contributed by atoms with Crippen LogP contribution in [0.1, 0.15) is 47.4 Å². The number of fused-ring (bicyclic) bond motifs is 2. The van der Waals surface area contributed by atoms with Gasteiger partial charge in [-0.25, -0.2) is 4.98 Å². The zero-order valence-corrected chi connectivity index (χ0v) is 16.7. The largest absolute Gasteiger partial charge is 0.369 e. The third-order valence-electron chi connectivity index (χ3n) is 5.46. The number of rotatable bonds is 4. The van der Waals surface area contributed by atoms with E-state index in [9.17, 15) is 14.4 Å². The fraction of sp³-hybridized carbons (Fsp3) is 0.304. The monoisotopic (exact) mass is 404 g/mol. The number of hydrogen-bond acceptors (Lipinski definition) is 4. The van der Waals surface area contributed by atoms with Gasteiger partial charge in [-0.15, -0.1) is 0 Å². The first-order chi connectivity index (χ1) is 14.5. The van der Waals surface area contributed by atoms with E-state index >= 15 is 0 Å². The lowest BCUT2D eigenvalue weighted by atomic mass is 10.1. The van der Waals surface area contributed by atoms with Crippen molar-refractivity contribution in [2.24, 2.45) is 5.73 Å². The normalized spacial score (nSPS) is 13.9. The quantitative estimate of drug-likeness (QED) is 0.697. The van der Waals surface area contributed by atoms with Gasteiger partial charge in [0.2, 0.25) is 5.91 Å². The van der Waals surface area contributed by atoms with Crippen molar-refractivity contribution in [3.05, 3.63) is 69.8 Å². The van der Waals surface area contributed by atoms with Crippen molar-refractivity contribution in [1.29, 1.82) is 0 Å². The Balaban J connectivity index is 1.67. The maximum atomic E-state index is 12.9. The molecular formula is C23H24N4O3. The van der Waals surface area contributed by atoms with E-state index in [-0.39, 0.29) is 17.9 Å². The summed E-state index contributed by atoms with van der Waals surface area (Å²) >= 11 is 0. The molecule has 0 spiro atoms. The highest BCUT2D eigenvalue weighted by molar-refractivity contribution is 6.06. The molecule has 2 heterocycles. The number of nitrogens with one attached hydrogen (secondary N) is 1. The molecule has 0 aliphatic carbocycles. The summed E-state index contributed by atoms with van der Waals surface area (Å²) < 4.78 is 1.78. The number of aryl methyl sites for hydroxylation is 1. The van der Waals surface area contributed by atoms with Crippen molar-refractivity contribution < 1.29 is 9.59 Å². The number of nitrogens with zero attached hydrogens (tertiary/aromatic N) is 2. The first kappa shape index (κ1) is 19.8. The predicted octanol–water partition coefficient (Wildman–Crippen LogP) is 2.79. The average molecular weight is 404 g/mol. The number of carbonyl (C=O) groups is 2. The van der Waals surface area contributed by atoms with E-state index < -0.39 is 5.91 Å². The number of aromatic nitrogens is 2. The molecule has 0 radical (unpaired) electrons. The van der Waals surface area contributed by atoms with E-state index in [4.69, 9.17) is 10.7 Å². The maximum Gasteiger partial charge on any atom is 0.261 e. The second kappa shape index (κ2) is 8.49. The van der Waals surface area contributed by atoms with Gasteiger partial charge in [0.1, 0.15) is 5.82 Å². The van der Waals surface area contributed by atoms with E-state index in [2.05, 4.69) is 5.32 Å². The summed E-state index contributed by atoms with van der Waals surface area (Å²) in [5.74, 6) is -0.0115. The summed E-state index contributed by atoms with van der Waals surface area (Å²) in [6.07, 6.45) is 5.06. The van der Waals surface area contributed by atoms with Gasteiger partial charge < -0.3 is 11.1 Å². The maximum absolute atomic E-state index is 12.9. The molecule has 7 heteroatoms. The number of nitrogens with two attached hydrogens (primary N) is 1. The summed E-state index contributed by atoms with van der Waals surface area (Å²) in [4.78, 5) is 41.8. The summed E-state index contributed by atoms with van der Waals surface area (Å²) in [6, 6.07) is 12.0. The standard InChI is InChI=1S/C23H24N4O3/c24-20(28)14-15-7-4-5-8-18(15)26-22(29)16-10-11-17-19(13-16)25-21-9-3-1-2-6-12-27(21)23(17)30/h4-5,7-8,10-11,13H,1-3,6,9,12,14H2,(H2,24,28)(H,26,29). The van der Waals surface area contributed by atoms with E-state index in [1.165, 1.54) is 0 Å². The summed E-state index contributed by atoms with van der Waals surface area (Å²) in [5, 5.41) is 3.35. The fourth-order valence-corrected chi connectivity index (χ4v) is 3.91. The molecular weight excluding hydrogens is 380 g/mol. The minimum Gasteiger partial charge on any atom is -0.369 e. The molecule has 154 valence electrons. The minimum absolute atomic E-state index is 0.0403. The molecule has 2 amide bonds. The van der Waals surface area contributed by atoms with Crippen LogP contribution in [0.5, 0.6) is 0 Å². The third kappa shape index (κ3) is 4.10. The number of hydrogen-bond donors (Lipinski definition) is 2. The number of anilines is 1. The van der Waals surface area contributed by atoms with Gasteiger partial charge in [-0.1, -0.05) is 31.0 Å². The Labute approximate surface area is 173 Å². The van der Waals surface area contributed by atoms with Crippen LogP contribution in [0.25, 0.3) is 10.9 Å². The molecule has 2 aromatic carbocycles.